The maximum Gasteiger partial charge on any atom is 0.222 e. The van der Waals surface area contributed by atoms with E-state index in [9.17, 15) is 4.79 Å². The number of alkyl halides is 1. The molecule has 2 aliphatic heterocycles. The van der Waals surface area contributed by atoms with Crippen LogP contribution < -0.4 is 0 Å². The first-order valence-electron chi connectivity index (χ1n) is 7.16. The number of piperidine rings is 1. The van der Waals surface area contributed by atoms with Gasteiger partial charge in [0, 0.05) is 24.3 Å². The van der Waals surface area contributed by atoms with Gasteiger partial charge >= 0.3 is 0 Å². The van der Waals surface area contributed by atoms with Gasteiger partial charge in [-0.25, -0.2) is 0 Å². The normalized spacial score (nSPS) is 25.1. The van der Waals surface area contributed by atoms with E-state index in [0.29, 0.717) is 16.7 Å². The lowest BCUT2D eigenvalue weighted by Crippen LogP contribution is -2.40. The molecule has 0 aromatic rings. The predicted molar refractivity (Wildman–Crippen MR) is 82.4 cm³/mol. The van der Waals surface area contributed by atoms with Gasteiger partial charge in [-0.15, -0.1) is 0 Å². The number of likely N-dealkylation sites (tertiary alicyclic amines) is 1. The van der Waals surface area contributed by atoms with Gasteiger partial charge in [-0.2, -0.15) is 11.8 Å². The number of hydrogen-bond acceptors (Lipinski definition) is 2. The van der Waals surface area contributed by atoms with Crippen LogP contribution in [0.1, 0.15) is 39.0 Å². The Morgan fingerprint density at radius 2 is 1.89 bits per heavy atom. The summed E-state index contributed by atoms with van der Waals surface area (Å²) in [7, 11) is 0. The molecule has 2 heterocycles. The summed E-state index contributed by atoms with van der Waals surface area (Å²) in [6, 6.07) is 0. The lowest BCUT2D eigenvalue weighted by molar-refractivity contribution is -0.133. The highest BCUT2D eigenvalue weighted by atomic mass is 79.9. The van der Waals surface area contributed by atoms with Gasteiger partial charge in [-0.1, -0.05) is 22.9 Å². The van der Waals surface area contributed by atoms with Crippen LogP contribution in [0.25, 0.3) is 0 Å². The lowest BCUT2D eigenvalue weighted by atomic mass is 9.93. The number of rotatable bonds is 3. The van der Waals surface area contributed by atoms with E-state index >= 15 is 0 Å². The van der Waals surface area contributed by atoms with E-state index < -0.39 is 0 Å². The molecule has 2 nitrogen and oxygen atoms in total. The smallest absolute Gasteiger partial charge is 0.222 e. The van der Waals surface area contributed by atoms with E-state index in [2.05, 4.69) is 27.8 Å². The van der Waals surface area contributed by atoms with Gasteiger partial charge in [0.05, 0.1) is 0 Å². The van der Waals surface area contributed by atoms with Crippen molar-refractivity contribution in [3.63, 3.8) is 0 Å². The number of thioether (sulfide) groups is 1. The van der Waals surface area contributed by atoms with Crippen LogP contribution in [0.4, 0.5) is 0 Å². The van der Waals surface area contributed by atoms with E-state index in [-0.39, 0.29) is 0 Å². The molecular weight excluding hydrogens is 310 g/mol. The number of amides is 1. The molecule has 4 heteroatoms. The van der Waals surface area contributed by atoms with Crippen LogP contribution in [-0.4, -0.2) is 40.2 Å². The molecule has 18 heavy (non-hydrogen) atoms. The monoisotopic (exact) mass is 333 g/mol. The van der Waals surface area contributed by atoms with Gasteiger partial charge in [0.15, 0.2) is 0 Å². The number of carbonyl (C=O) groups is 1. The highest BCUT2D eigenvalue weighted by Gasteiger charge is 2.26. The Hall–Kier alpha value is 0.300. The van der Waals surface area contributed by atoms with Crippen molar-refractivity contribution in [2.45, 2.75) is 43.9 Å². The highest BCUT2D eigenvalue weighted by molar-refractivity contribution is 9.09. The maximum absolute atomic E-state index is 12.3. The zero-order valence-corrected chi connectivity index (χ0v) is 13.6. The second-order valence-electron chi connectivity index (χ2n) is 5.66. The minimum absolute atomic E-state index is 0.410. The summed E-state index contributed by atoms with van der Waals surface area (Å²) < 4.78 is 0. The Kier molecular flexibility index (Phi) is 5.87. The van der Waals surface area contributed by atoms with E-state index in [1.54, 1.807) is 0 Å². The molecule has 1 amide bonds. The predicted octanol–water partition coefficient (Wildman–Crippen LogP) is 3.54. The van der Waals surface area contributed by atoms with Crippen molar-refractivity contribution in [2.24, 2.45) is 11.8 Å². The number of hydrogen-bond donors (Lipinski definition) is 0. The zero-order valence-electron chi connectivity index (χ0n) is 11.2. The van der Waals surface area contributed by atoms with Crippen molar-refractivity contribution in [3.8, 4) is 0 Å². The molecule has 104 valence electrons. The molecule has 0 aromatic heterocycles. The summed E-state index contributed by atoms with van der Waals surface area (Å²) in [5.41, 5.74) is 0. The van der Waals surface area contributed by atoms with Crippen LogP contribution >= 0.6 is 27.7 Å². The quantitative estimate of drug-likeness (QED) is 0.736. The fraction of sp³-hybridized carbons (Fsp3) is 0.929. The standard InChI is InChI=1S/C14H24BrNOS/c1-11(15)13-2-6-16(7-3-13)14(17)10-12-4-8-18-9-5-12/h11-13H,2-10H2,1H3. The first-order chi connectivity index (χ1) is 8.66. The van der Waals surface area contributed by atoms with E-state index in [4.69, 9.17) is 0 Å². The van der Waals surface area contributed by atoms with Gasteiger partial charge in [0.2, 0.25) is 5.91 Å². The van der Waals surface area contributed by atoms with Crippen LogP contribution in [0, 0.1) is 11.8 Å². The third-order valence-corrected chi connectivity index (χ3v) is 6.14. The summed E-state index contributed by atoms with van der Waals surface area (Å²) in [5.74, 6) is 4.32. The number of halogens is 1. The molecule has 0 saturated carbocycles. The van der Waals surface area contributed by atoms with Crippen LogP contribution in [0.2, 0.25) is 0 Å². The minimum Gasteiger partial charge on any atom is -0.343 e. The van der Waals surface area contributed by atoms with Crippen molar-refractivity contribution in [2.75, 3.05) is 24.6 Å². The van der Waals surface area contributed by atoms with Gasteiger partial charge in [-0.05, 0) is 49.0 Å². The highest BCUT2D eigenvalue weighted by Crippen LogP contribution is 2.28. The fourth-order valence-corrected chi connectivity index (χ4v) is 4.67. The Morgan fingerprint density at radius 3 is 2.44 bits per heavy atom. The largest absolute Gasteiger partial charge is 0.343 e. The number of carbonyl (C=O) groups excluding carboxylic acids is 1. The maximum atomic E-state index is 12.3. The first-order valence-corrected chi connectivity index (χ1v) is 9.23. The lowest BCUT2D eigenvalue weighted by Gasteiger charge is -2.34. The van der Waals surface area contributed by atoms with Crippen LogP contribution in [0.5, 0.6) is 0 Å². The molecule has 2 saturated heterocycles. The van der Waals surface area contributed by atoms with Crippen molar-refractivity contribution in [3.05, 3.63) is 0 Å². The van der Waals surface area contributed by atoms with E-state index in [0.717, 1.165) is 25.4 Å². The van der Waals surface area contributed by atoms with Gasteiger partial charge in [0.25, 0.3) is 0 Å². The summed E-state index contributed by atoms with van der Waals surface area (Å²) in [4.78, 5) is 14.9. The van der Waals surface area contributed by atoms with E-state index in [1.165, 1.54) is 37.2 Å². The van der Waals surface area contributed by atoms with Gasteiger partial charge in [0.1, 0.15) is 0 Å². The molecule has 2 rings (SSSR count). The van der Waals surface area contributed by atoms with Gasteiger partial charge < -0.3 is 4.90 Å². The second kappa shape index (κ2) is 7.18. The van der Waals surface area contributed by atoms with Crippen molar-refractivity contribution < 1.29 is 4.79 Å². The van der Waals surface area contributed by atoms with Crippen LogP contribution in [-0.2, 0) is 4.79 Å². The van der Waals surface area contributed by atoms with Crippen molar-refractivity contribution in [1.82, 2.24) is 4.90 Å². The van der Waals surface area contributed by atoms with Crippen LogP contribution in [0.3, 0.4) is 0 Å². The minimum atomic E-state index is 0.410. The number of nitrogens with zero attached hydrogens (tertiary/aromatic N) is 1. The average molecular weight is 334 g/mol. The van der Waals surface area contributed by atoms with Crippen molar-refractivity contribution >= 4 is 33.6 Å². The Morgan fingerprint density at radius 1 is 1.28 bits per heavy atom. The summed E-state index contributed by atoms with van der Waals surface area (Å²) in [6.07, 6.45) is 5.61. The molecule has 0 bridgehead atoms. The molecule has 0 radical (unpaired) electrons. The van der Waals surface area contributed by atoms with Crippen molar-refractivity contribution in [1.29, 1.82) is 0 Å². The Labute approximate surface area is 123 Å². The van der Waals surface area contributed by atoms with Crippen LogP contribution in [0.15, 0.2) is 0 Å². The second-order valence-corrected chi connectivity index (χ2v) is 8.32. The fourth-order valence-electron chi connectivity index (χ4n) is 2.93. The molecule has 1 unspecified atom stereocenters. The SMILES string of the molecule is CC(Br)C1CCN(C(=O)CC2CCSCC2)CC1. The summed E-state index contributed by atoms with van der Waals surface area (Å²) in [6.45, 7) is 4.17. The molecule has 2 aliphatic rings. The Balaban J connectivity index is 1.73. The third-order valence-electron chi connectivity index (χ3n) is 4.35. The molecule has 0 N–H and O–H groups in total. The first kappa shape index (κ1) is 14.7. The molecule has 0 aromatic carbocycles. The Bertz CT molecular complexity index is 271. The molecule has 0 aliphatic carbocycles. The van der Waals surface area contributed by atoms with Gasteiger partial charge in [-0.3, -0.25) is 4.79 Å². The molecule has 0 spiro atoms. The molecule has 2 fully saturated rings. The third kappa shape index (κ3) is 4.16. The molecular formula is C14H24BrNOS. The average Bonchev–Trinajstić information content (AvgIpc) is 2.40. The van der Waals surface area contributed by atoms with E-state index in [1.807, 2.05) is 11.8 Å². The summed E-state index contributed by atoms with van der Waals surface area (Å²) >= 11 is 5.70. The zero-order chi connectivity index (χ0) is 13.0. The topological polar surface area (TPSA) is 20.3 Å². The molecule has 1 atom stereocenters. The summed E-state index contributed by atoms with van der Waals surface area (Å²) in [5, 5.41) is 0.